The van der Waals surface area contributed by atoms with Crippen LogP contribution in [0.4, 0.5) is 0 Å². The van der Waals surface area contributed by atoms with Gasteiger partial charge in [-0.3, -0.25) is 9.48 Å². The molecule has 152 valence electrons. The van der Waals surface area contributed by atoms with Gasteiger partial charge in [-0.2, -0.15) is 5.10 Å². The van der Waals surface area contributed by atoms with Crippen molar-refractivity contribution in [3.05, 3.63) is 57.7 Å². The summed E-state index contributed by atoms with van der Waals surface area (Å²) in [6.45, 7) is 4.36. The number of fused-ring (bicyclic) bond motifs is 1. The van der Waals surface area contributed by atoms with Gasteiger partial charge in [-0.25, -0.2) is 4.79 Å². The zero-order valence-electron chi connectivity index (χ0n) is 17.0. The Morgan fingerprint density at radius 1 is 1.34 bits per heavy atom. The average Bonchev–Trinajstić information content (AvgIpc) is 3.44. The molecule has 1 amide bonds. The Labute approximate surface area is 168 Å². The van der Waals surface area contributed by atoms with E-state index in [1.54, 1.807) is 10.9 Å². The van der Waals surface area contributed by atoms with Gasteiger partial charge in [0.1, 0.15) is 11.3 Å². The second kappa shape index (κ2) is 7.73. The van der Waals surface area contributed by atoms with Crippen LogP contribution < -0.4 is 10.4 Å². The highest BCUT2D eigenvalue weighted by Crippen LogP contribution is 2.31. The van der Waals surface area contributed by atoms with Gasteiger partial charge in [-0.05, 0) is 49.4 Å². The predicted molar refractivity (Wildman–Crippen MR) is 109 cm³/mol. The van der Waals surface area contributed by atoms with Crippen LogP contribution >= 0.6 is 0 Å². The zero-order valence-corrected chi connectivity index (χ0v) is 17.0. The quantitative estimate of drug-likeness (QED) is 0.575. The van der Waals surface area contributed by atoms with Crippen molar-refractivity contribution in [2.75, 3.05) is 6.61 Å². The first kappa shape index (κ1) is 19.2. The van der Waals surface area contributed by atoms with E-state index >= 15 is 0 Å². The summed E-state index contributed by atoms with van der Waals surface area (Å²) < 4.78 is 13.1. The van der Waals surface area contributed by atoms with Crippen LogP contribution in [0, 0.1) is 6.92 Å². The van der Waals surface area contributed by atoms with Crippen LogP contribution in [0.25, 0.3) is 11.0 Å². The van der Waals surface area contributed by atoms with E-state index in [4.69, 9.17) is 9.15 Å². The highest BCUT2D eigenvalue weighted by atomic mass is 16.5. The minimum atomic E-state index is -0.377. The number of hydrogen-bond acceptors (Lipinski definition) is 5. The van der Waals surface area contributed by atoms with Gasteiger partial charge >= 0.3 is 5.63 Å². The third-order valence-electron chi connectivity index (χ3n) is 5.19. The van der Waals surface area contributed by atoms with Crippen molar-refractivity contribution >= 4 is 16.9 Å². The largest absolute Gasteiger partial charge is 0.483 e. The molecule has 0 bridgehead atoms. The second-order valence-electron chi connectivity index (χ2n) is 7.64. The van der Waals surface area contributed by atoms with E-state index in [0.29, 0.717) is 24.3 Å². The van der Waals surface area contributed by atoms with Crippen LogP contribution in [-0.4, -0.2) is 33.2 Å². The van der Waals surface area contributed by atoms with Gasteiger partial charge in [0.05, 0.1) is 11.6 Å². The summed E-state index contributed by atoms with van der Waals surface area (Å²) in [7, 11) is 1.86. The van der Waals surface area contributed by atoms with E-state index in [9.17, 15) is 9.59 Å². The summed E-state index contributed by atoms with van der Waals surface area (Å²) in [6.07, 6.45) is 6.42. The van der Waals surface area contributed by atoms with Gasteiger partial charge in [-0.1, -0.05) is 6.92 Å². The van der Waals surface area contributed by atoms with Crippen molar-refractivity contribution < 1.29 is 13.9 Å². The molecular formula is C22H25N3O4. The van der Waals surface area contributed by atoms with Crippen LogP contribution in [0.15, 0.2) is 39.8 Å². The van der Waals surface area contributed by atoms with Gasteiger partial charge in [0, 0.05) is 37.5 Å². The van der Waals surface area contributed by atoms with Crippen molar-refractivity contribution in [2.24, 2.45) is 7.05 Å². The first-order valence-electron chi connectivity index (χ1n) is 9.91. The number of carbonyl (C=O) groups is 1. The Balaban J connectivity index is 1.56. The summed E-state index contributed by atoms with van der Waals surface area (Å²) in [4.78, 5) is 26.6. The molecule has 0 N–H and O–H groups in total. The van der Waals surface area contributed by atoms with E-state index in [2.05, 4.69) is 5.10 Å². The third kappa shape index (κ3) is 4.18. The van der Waals surface area contributed by atoms with Gasteiger partial charge < -0.3 is 14.1 Å². The minimum Gasteiger partial charge on any atom is -0.483 e. The summed E-state index contributed by atoms with van der Waals surface area (Å²) >= 11 is 0. The Hall–Kier alpha value is -3.09. The van der Waals surface area contributed by atoms with Crippen LogP contribution in [-0.2, 0) is 24.8 Å². The molecule has 29 heavy (non-hydrogen) atoms. The second-order valence-corrected chi connectivity index (χ2v) is 7.64. The first-order chi connectivity index (χ1) is 13.9. The number of hydrogen-bond donors (Lipinski definition) is 0. The Morgan fingerprint density at radius 3 is 2.79 bits per heavy atom. The van der Waals surface area contributed by atoms with Gasteiger partial charge in [0.25, 0.3) is 5.91 Å². The smallest absolute Gasteiger partial charge is 0.336 e. The molecule has 4 rings (SSSR count). The van der Waals surface area contributed by atoms with Crippen molar-refractivity contribution in [1.29, 1.82) is 0 Å². The number of ether oxygens (including phenoxy) is 1. The molecule has 0 aliphatic heterocycles. The molecule has 1 aromatic carbocycles. The number of nitrogens with zero attached hydrogens (tertiary/aromatic N) is 3. The van der Waals surface area contributed by atoms with Crippen molar-refractivity contribution in [1.82, 2.24) is 14.7 Å². The van der Waals surface area contributed by atoms with Gasteiger partial charge in [0.2, 0.25) is 0 Å². The van der Waals surface area contributed by atoms with E-state index < -0.39 is 0 Å². The number of aryl methyl sites for hydroxylation is 3. The monoisotopic (exact) mass is 395 g/mol. The maximum absolute atomic E-state index is 12.9. The van der Waals surface area contributed by atoms with Gasteiger partial charge in [-0.15, -0.1) is 0 Å². The van der Waals surface area contributed by atoms with Crippen molar-refractivity contribution in [3.63, 3.8) is 0 Å². The maximum Gasteiger partial charge on any atom is 0.336 e. The van der Waals surface area contributed by atoms with Crippen LogP contribution in [0.5, 0.6) is 5.75 Å². The fourth-order valence-electron chi connectivity index (χ4n) is 3.64. The molecule has 0 saturated heterocycles. The zero-order chi connectivity index (χ0) is 20.5. The Kier molecular flexibility index (Phi) is 5.13. The lowest BCUT2D eigenvalue weighted by Gasteiger charge is -2.22. The molecule has 7 heteroatoms. The average molecular weight is 395 g/mol. The summed E-state index contributed by atoms with van der Waals surface area (Å²) in [5.74, 6) is 0.521. The molecule has 1 aliphatic rings. The molecule has 7 nitrogen and oxygen atoms in total. The molecule has 0 unspecified atom stereocenters. The van der Waals surface area contributed by atoms with Crippen LogP contribution in [0.2, 0.25) is 0 Å². The number of rotatable bonds is 7. The molecule has 2 heterocycles. The molecule has 1 saturated carbocycles. The first-order valence-corrected chi connectivity index (χ1v) is 9.91. The molecular weight excluding hydrogens is 370 g/mol. The third-order valence-corrected chi connectivity index (χ3v) is 5.19. The lowest BCUT2D eigenvalue weighted by Crippen LogP contribution is -2.36. The highest BCUT2D eigenvalue weighted by Gasteiger charge is 2.33. The summed E-state index contributed by atoms with van der Waals surface area (Å²) in [5.41, 5.74) is 2.88. The molecule has 0 spiro atoms. The Bertz CT molecular complexity index is 1110. The lowest BCUT2D eigenvalue weighted by molar-refractivity contribution is -0.134. The molecule has 1 fully saturated rings. The molecule has 2 aromatic heterocycles. The number of amides is 1. The molecule has 0 radical (unpaired) electrons. The minimum absolute atomic E-state index is 0.0542. The fourth-order valence-corrected chi connectivity index (χ4v) is 3.64. The standard InChI is InChI=1S/C22H25N3O4/c1-4-16-9-21(27)29-19-8-14(2)7-18(22(16)19)28-13-20(26)25(17-5-6-17)12-15-10-23-24(3)11-15/h7-11,17H,4-6,12-13H2,1-3H3. The molecule has 3 aromatic rings. The topological polar surface area (TPSA) is 77.6 Å². The van der Waals surface area contributed by atoms with E-state index in [-0.39, 0.29) is 24.2 Å². The maximum atomic E-state index is 12.9. The van der Waals surface area contributed by atoms with Crippen LogP contribution in [0.1, 0.15) is 36.5 Å². The van der Waals surface area contributed by atoms with E-state index in [1.807, 2.05) is 44.1 Å². The van der Waals surface area contributed by atoms with Crippen molar-refractivity contribution in [3.8, 4) is 5.75 Å². The summed E-state index contributed by atoms with van der Waals surface area (Å²) in [6, 6.07) is 5.47. The molecule has 1 aliphatic carbocycles. The number of aromatic nitrogens is 2. The van der Waals surface area contributed by atoms with Crippen LogP contribution in [0.3, 0.4) is 0 Å². The lowest BCUT2D eigenvalue weighted by atomic mass is 10.1. The number of benzene rings is 1. The fraction of sp³-hybridized carbons (Fsp3) is 0.409. The normalized spacial score (nSPS) is 13.6. The SMILES string of the molecule is CCc1cc(=O)oc2cc(C)cc(OCC(=O)N(Cc3cnn(C)c3)C3CC3)c12. The number of carbonyl (C=O) groups excluding carboxylic acids is 1. The van der Waals surface area contributed by atoms with Crippen molar-refractivity contribution in [2.45, 2.75) is 45.7 Å². The molecule has 0 atom stereocenters. The Morgan fingerprint density at radius 2 is 2.14 bits per heavy atom. The highest BCUT2D eigenvalue weighted by molar-refractivity contribution is 5.88. The van der Waals surface area contributed by atoms with Gasteiger partial charge in [0.15, 0.2) is 6.61 Å². The predicted octanol–water partition coefficient (Wildman–Crippen LogP) is 2.97. The summed E-state index contributed by atoms with van der Waals surface area (Å²) in [5, 5.41) is 4.94. The van der Waals surface area contributed by atoms with E-state index in [1.165, 1.54) is 6.07 Å². The van der Waals surface area contributed by atoms with E-state index in [0.717, 1.165) is 34.9 Å².